The number of primary amides is 1. The van der Waals surface area contributed by atoms with Crippen molar-refractivity contribution in [1.29, 1.82) is 0 Å². The number of nitrogens with two attached hydrogens (primary N) is 1. The van der Waals surface area contributed by atoms with Crippen molar-refractivity contribution in [3.05, 3.63) is 18.2 Å². The SMILES string of the molecule is NC(=O)c1nn[nH]n1.c1cn[nH]n1. The van der Waals surface area contributed by atoms with Gasteiger partial charge in [-0.1, -0.05) is 0 Å². The van der Waals surface area contributed by atoms with Crippen LogP contribution in [-0.4, -0.2) is 41.9 Å². The maximum absolute atomic E-state index is 10.1. The van der Waals surface area contributed by atoms with E-state index in [9.17, 15) is 4.79 Å². The van der Waals surface area contributed by atoms with E-state index in [2.05, 4.69) is 36.0 Å². The molecule has 0 unspecified atom stereocenters. The third-order valence-corrected chi connectivity index (χ3v) is 0.897. The van der Waals surface area contributed by atoms with E-state index in [0.29, 0.717) is 0 Å². The van der Waals surface area contributed by atoms with E-state index in [1.807, 2.05) is 0 Å². The van der Waals surface area contributed by atoms with Crippen molar-refractivity contribution in [2.45, 2.75) is 0 Å². The highest BCUT2D eigenvalue weighted by molar-refractivity contribution is 5.88. The number of aromatic amines is 2. The molecule has 13 heavy (non-hydrogen) atoms. The Kier molecular flexibility index (Phi) is 3.06. The number of hydrogen-bond donors (Lipinski definition) is 3. The quantitative estimate of drug-likeness (QED) is 0.470. The van der Waals surface area contributed by atoms with Crippen molar-refractivity contribution in [1.82, 2.24) is 36.0 Å². The summed E-state index contributed by atoms with van der Waals surface area (Å²) < 4.78 is 0. The summed E-state index contributed by atoms with van der Waals surface area (Å²) in [5.74, 6) is -0.774. The number of aromatic nitrogens is 7. The first-order chi connectivity index (χ1) is 6.30. The summed E-state index contributed by atoms with van der Waals surface area (Å²) in [4.78, 5) is 10.1. The largest absolute Gasteiger partial charge is 0.363 e. The summed E-state index contributed by atoms with van der Waals surface area (Å²) in [5, 5.41) is 21.1. The Morgan fingerprint density at radius 1 is 1.31 bits per heavy atom. The molecule has 0 atom stereocenters. The molecule has 9 heteroatoms. The predicted octanol–water partition coefficient (Wildman–Crippen LogP) is -1.90. The minimum Gasteiger partial charge on any atom is -0.363 e. The van der Waals surface area contributed by atoms with Crippen LogP contribution < -0.4 is 5.73 Å². The van der Waals surface area contributed by atoms with Crippen LogP contribution in [0.1, 0.15) is 10.6 Å². The third-order valence-electron chi connectivity index (χ3n) is 0.897. The molecule has 9 nitrogen and oxygen atoms in total. The van der Waals surface area contributed by atoms with E-state index in [0.717, 1.165) is 0 Å². The first-order valence-corrected chi connectivity index (χ1v) is 3.13. The molecule has 0 saturated carbocycles. The summed E-state index contributed by atoms with van der Waals surface area (Å²) in [7, 11) is 0. The Balaban J connectivity index is 0.000000145. The van der Waals surface area contributed by atoms with Gasteiger partial charge in [-0.3, -0.25) is 4.79 Å². The van der Waals surface area contributed by atoms with Crippen molar-refractivity contribution in [2.24, 2.45) is 5.73 Å². The number of amides is 1. The van der Waals surface area contributed by atoms with Gasteiger partial charge in [0, 0.05) is 0 Å². The molecule has 0 spiro atoms. The second-order valence-corrected chi connectivity index (χ2v) is 1.76. The second-order valence-electron chi connectivity index (χ2n) is 1.76. The maximum atomic E-state index is 10.1. The Labute approximate surface area is 71.7 Å². The lowest BCUT2D eigenvalue weighted by molar-refractivity contribution is 0.0990. The van der Waals surface area contributed by atoms with Gasteiger partial charge >= 0.3 is 0 Å². The first-order valence-electron chi connectivity index (χ1n) is 3.13. The molecule has 0 aliphatic rings. The summed E-state index contributed by atoms with van der Waals surface area (Å²) in [6, 6.07) is 0. The average molecular weight is 182 g/mol. The summed E-state index contributed by atoms with van der Waals surface area (Å²) >= 11 is 0. The van der Waals surface area contributed by atoms with Gasteiger partial charge in [-0.15, -0.1) is 10.2 Å². The molecule has 1 amide bonds. The molecule has 2 aromatic rings. The molecule has 0 bridgehead atoms. The van der Waals surface area contributed by atoms with E-state index in [1.165, 1.54) is 0 Å². The summed E-state index contributed by atoms with van der Waals surface area (Å²) in [6.45, 7) is 0. The van der Waals surface area contributed by atoms with Crippen LogP contribution >= 0.6 is 0 Å². The lowest BCUT2D eigenvalue weighted by atomic mass is 10.6. The molecular formula is C4H6N8O. The van der Waals surface area contributed by atoms with E-state index in [4.69, 9.17) is 5.73 Å². The van der Waals surface area contributed by atoms with Gasteiger partial charge < -0.3 is 5.73 Å². The highest BCUT2D eigenvalue weighted by Crippen LogP contribution is 1.75. The van der Waals surface area contributed by atoms with E-state index >= 15 is 0 Å². The smallest absolute Gasteiger partial charge is 0.290 e. The molecule has 2 heterocycles. The predicted molar refractivity (Wildman–Crippen MR) is 39.1 cm³/mol. The molecular weight excluding hydrogens is 176 g/mol. The number of nitrogens with zero attached hydrogens (tertiary/aromatic N) is 5. The van der Waals surface area contributed by atoms with Crippen molar-refractivity contribution in [3.8, 4) is 0 Å². The van der Waals surface area contributed by atoms with Gasteiger partial charge in [-0.2, -0.15) is 20.6 Å². The number of H-pyrrole nitrogens is 2. The van der Waals surface area contributed by atoms with Crippen LogP contribution in [0.25, 0.3) is 0 Å². The monoisotopic (exact) mass is 182 g/mol. The molecule has 0 radical (unpaired) electrons. The van der Waals surface area contributed by atoms with E-state index in [-0.39, 0.29) is 5.82 Å². The number of hydrogen-bond acceptors (Lipinski definition) is 6. The Morgan fingerprint density at radius 2 is 2.00 bits per heavy atom. The molecule has 2 rings (SSSR count). The van der Waals surface area contributed by atoms with E-state index in [1.54, 1.807) is 12.4 Å². The van der Waals surface area contributed by atoms with Crippen LogP contribution in [0.4, 0.5) is 0 Å². The highest BCUT2D eigenvalue weighted by atomic mass is 16.1. The molecule has 0 aromatic carbocycles. The fourth-order valence-corrected chi connectivity index (χ4v) is 0.433. The van der Waals surface area contributed by atoms with Gasteiger partial charge in [0.2, 0.25) is 0 Å². The minimum absolute atomic E-state index is 0.0926. The topological polar surface area (TPSA) is 139 Å². The fourth-order valence-electron chi connectivity index (χ4n) is 0.433. The summed E-state index contributed by atoms with van der Waals surface area (Å²) in [6.07, 6.45) is 3.17. The van der Waals surface area contributed by atoms with Crippen molar-refractivity contribution >= 4 is 5.91 Å². The Morgan fingerprint density at radius 3 is 2.23 bits per heavy atom. The minimum atomic E-state index is -0.682. The Bertz CT molecular complexity index is 308. The molecule has 0 saturated heterocycles. The fraction of sp³-hybridized carbons (Fsp3) is 0. The molecule has 0 fully saturated rings. The lowest BCUT2D eigenvalue weighted by Crippen LogP contribution is -2.12. The van der Waals surface area contributed by atoms with Gasteiger partial charge in [0.1, 0.15) is 0 Å². The van der Waals surface area contributed by atoms with Gasteiger partial charge in [0.25, 0.3) is 11.7 Å². The normalized spacial score (nSPS) is 8.62. The van der Waals surface area contributed by atoms with Gasteiger partial charge in [-0.25, -0.2) is 0 Å². The number of nitrogens with one attached hydrogen (secondary N) is 2. The van der Waals surface area contributed by atoms with Gasteiger partial charge in [0.15, 0.2) is 0 Å². The van der Waals surface area contributed by atoms with Crippen LogP contribution in [0, 0.1) is 0 Å². The first kappa shape index (κ1) is 8.77. The van der Waals surface area contributed by atoms with Crippen molar-refractivity contribution < 1.29 is 4.79 Å². The zero-order chi connectivity index (χ0) is 9.52. The van der Waals surface area contributed by atoms with Crippen LogP contribution in [-0.2, 0) is 0 Å². The van der Waals surface area contributed by atoms with Gasteiger partial charge in [0.05, 0.1) is 12.4 Å². The van der Waals surface area contributed by atoms with Crippen LogP contribution in [0.2, 0.25) is 0 Å². The Hall–Kier alpha value is -2.32. The molecule has 4 N–H and O–H groups in total. The highest BCUT2D eigenvalue weighted by Gasteiger charge is 2.01. The van der Waals surface area contributed by atoms with Crippen LogP contribution in [0.15, 0.2) is 12.4 Å². The standard InChI is InChI=1S/C2H3N5O.C2H3N3/c3-1(8)2-4-6-7-5-2;1-2-4-5-3-1/h(H2,3,8)(H,4,5,6,7);1-2H,(H,3,4,5). The zero-order valence-electron chi connectivity index (χ0n) is 6.38. The molecule has 0 aliphatic heterocycles. The van der Waals surface area contributed by atoms with Crippen LogP contribution in [0.3, 0.4) is 0 Å². The van der Waals surface area contributed by atoms with Gasteiger partial charge in [-0.05, 0) is 5.21 Å². The third kappa shape index (κ3) is 3.05. The number of rotatable bonds is 1. The molecule has 68 valence electrons. The van der Waals surface area contributed by atoms with Crippen molar-refractivity contribution in [2.75, 3.05) is 0 Å². The molecule has 2 aromatic heterocycles. The van der Waals surface area contributed by atoms with E-state index < -0.39 is 5.91 Å². The number of tetrazole rings is 1. The average Bonchev–Trinajstić information content (AvgIpc) is 2.82. The molecule has 0 aliphatic carbocycles. The lowest BCUT2D eigenvalue weighted by Gasteiger charge is -1.75. The second kappa shape index (κ2) is 4.54. The van der Waals surface area contributed by atoms with Crippen LogP contribution in [0.5, 0.6) is 0 Å². The summed E-state index contributed by atoms with van der Waals surface area (Å²) in [5.41, 5.74) is 4.73. The van der Waals surface area contributed by atoms with Crippen molar-refractivity contribution in [3.63, 3.8) is 0 Å². The maximum Gasteiger partial charge on any atom is 0.290 e. The zero-order valence-corrected chi connectivity index (χ0v) is 6.38. The number of carbonyl (C=O) groups excluding carboxylic acids is 1. The number of carbonyl (C=O) groups is 1.